The van der Waals surface area contributed by atoms with Gasteiger partial charge in [-0.25, -0.2) is 4.79 Å². The number of thioether (sulfide) groups is 1. The number of aliphatic carboxylic acids is 1. The van der Waals surface area contributed by atoms with E-state index in [9.17, 15) is 19.5 Å². The van der Waals surface area contributed by atoms with Gasteiger partial charge in [-0.15, -0.1) is 0 Å². The maximum Gasteiger partial charge on any atom is 0.326 e. The number of aryl methyl sites for hydroxylation is 1. The first-order valence-corrected chi connectivity index (χ1v) is 11.6. The Morgan fingerprint density at radius 1 is 0.848 bits per heavy atom. The molecule has 33 heavy (non-hydrogen) atoms. The molecular formula is C27H25NO4S. The highest BCUT2D eigenvalue weighted by molar-refractivity contribution is 8.14. The van der Waals surface area contributed by atoms with Crippen molar-refractivity contribution in [1.82, 2.24) is 5.32 Å². The third-order valence-electron chi connectivity index (χ3n) is 4.97. The zero-order valence-corrected chi connectivity index (χ0v) is 18.8. The Balaban J connectivity index is 1.72. The van der Waals surface area contributed by atoms with Crippen LogP contribution in [0.5, 0.6) is 0 Å². The van der Waals surface area contributed by atoms with Crippen molar-refractivity contribution in [2.45, 2.75) is 18.9 Å². The molecule has 3 aromatic carbocycles. The molecule has 0 radical (unpaired) electrons. The maximum absolute atomic E-state index is 13.1. The highest BCUT2D eigenvalue weighted by Crippen LogP contribution is 2.18. The van der Waals surface area contributed by atoms with E-state index >= 15 is 0 Å². The Morgan fingerprint density at radius 3 is 2.03 bits per heavy atom. The van der Waals surface area contributed by atoms with Gasteiger partial charge in [0.2, 0.25) is 11.0 Å². The standard InChI is InChI=1S/C27H25NO4S/c29-25(28-24(26(30)31)17-16-20-10-4-1-5-11-20)23(18-21-12-6-2-7-13-21)19-33-27(32)22-14-8-3-9-15-22/h1-15,18,24H,16-17,19H2,(H,28,29)(H,30,31)/b23-18-/t24-/m0/s1. The first-order valence-electron chi connectivity index (χ1n) is 10.6. The van der Waals surface area contributed by atoms with Gasteiger partial charge in [0.1, 0.15) is 6.04 Å². The number of hydrogen-bond acceptors (Lipinski definition) is 4. The molecule has 0 unspecified atom stereocenters. The molecule has 2 N–H and O–H groups in total. The Hall–Kier alpha value is -3.64. The van der Waals surface area contributed by atoms with Crippen LogP contribution in [0.25, 0.3) is 6.08 Å². The summed E-state index contributed by atoms with van der Waals surface area (Å²) in [5.41, 5.74) is 2.68. The monoisotopic (exact) mass is 459 g/mol. The summed E-state index contributed by atoms with van der Waals surface area (Å²) in [4.78, 5) is 37.4. The van der Waals surface area contributed by atoms with Gasteiger partial charge in [-0.2, -0.15) is 0 Å². The predicted molar refractivity (Wildman–Crippen MR) is 132 cm³/mol. The number of rotatable bonds is 10. The van der Waals surface area contributed by atoms with Crippen molar-refractivity contribution in [1.29, 1.82) is 0 Å². The van der Waals surface area contributed by atoms with Gasteiger partial charge in [0, 0.05) is 16.9 Å². The molecule has 3 rings (SSSR count). The zero-order chi connectivity index (χ0) is 23.5. The second-order valence-electron chi connectivity index (χ2n) is 7.41. The van der Waals surface area contributed by atoms with Crippen molar-refractivity contribution < 1.29 is 19.5 Å². The topological polar surface area (TPSA) is 83.5 Å². The lowest BCUT2D eigenvalue weighted by atomic mass is 10.0. The molecule has 0 aliphatic carbocycles. The summed E-state index contributed by atoms with van der Waals surface area (Å²) in [7, 11) is 0. The lowest BCUT2D eigenvalue weighted by Crippen LogP contribution is -2.42. The Labute approximate surface area is 197 Å². The Kier molecular flexibility index (Phi) is 9.03. The van der Waals surface area contributed by atoms with Crippen molar-refractivity contribution in [3.05, 3.63) is 113 Å². The normalized spacial score (nSPS) is 12.1. The van der Waals surface area contributed by atoms with E-state index < -0.39 is 17.9 Å². The van der Waals surface area contributed by atoms with Crippen LogP contribution in [0.3, 0.4) is 0 Å². The minimum Gasteiger partial charge on any atom is -0.480 e. The van der Waals surface area contributed by atoms with Crippen LogP contribution in [-0.4, -0.2) is 33.9 Å². The molecule has 0 aliphatic rings. The van der Waals surface area contributed by atoms with Gasteiger partial charge in [-0.3, -0.25) is 9.59 Å². The van der Waals surface area contributed by atoms with E-state index in [4.69, 9.17) is 0 Å². The molecule has 0 saturated carbocycles. The van der Waals surface area contributed by atoms with E-state index in [0.29, 0.717) is 17.6 Å². The van der Waals surface area contributed by atoms with Crippen LogP contribution >= 0.6 is 11.8 Å². The minimum atomic E-state index is -1.09. The molecular weight excluding hydrogens is 434 g/mol. The molecule has 5 nitrogen and oxygen atoms in total. The van der Waals surface area contributed by atoms with Crippen LogP contribution in [0.15, 0.2) is 96.6 Å². The number of nitrogens with one attached hydrogen (secondary N) is 1. The van der Waals surface area contributed by atoms with Crippen molar-refractivity contribution in [2.75, 3.05) is 5.75 Å². The molecule has 0 saturated heterocycles. The van der Waals surface area contributed by atoms with E-state index in [0.717, 1.165) is 22.9 Å². The quantitative estimate of drug-likeness (QED) is 0.424. The molecule has 6 heteroatoms. The maximum atomic E-state index is 13.1. The van der Waals surface area contributed by atoms with E-state index in [1.54, 1.807) is 30.3 Å². The van der Waals surface area contributed by atoms with Crippen LogP contribution in [0.2, 0.25) is 0 Å². The fourth-order valence-corrected chi connectivity index (χ4v) is 3.99. The van der Waals surface area contributed by atoms with Crippen LogP contribution in [-0.2, 0) is 16.0 Å². The van der Waals surface area contributed by atoms with Gasteiger partial charge >= 0.3 is 5.97 Å². The lowest BCUT2D eigenvalue weighted by molar-refractivity contribution is -0.141. The first kappa shape index (κ1) is 24.0. The van der Waals surface area contributed by atoms with Gasteiger partial charge in [0.15, 0.2) is 0 Å². The molecule has 0 bridgehead atoms. The van der Waals surface area contributed by atoms with E-state index in [2.05, 4.69) is 5.32 Å². The van der Waals surface area contributed by atoms with E-state index in [1.807, 2.05) is 66.7 Å². The fraction of sp³-hybridized carbons (Fsp3) is 0.148. The highest BCUT2D eigenvalue weighted by Gasteiger charge is 2.22. The number of amides is 1. The highest BCUT2D eigenvalue weighted by atomic mass is 32.2. The molecule has 0 aromatic heterocycles. The molecule has 168 valence electrons. The second kappa shape index (κ2) is 12.4. The summed E-state index contributed by atoms with van der Waals surface area (Å²) >= 11 is 1.02. The minimum absolute atomic E-state index is 0.124. The Morgan fingerprint density at radius 2 is 1.42 bits per heavy atom. The molecule has 1 atom stereocenters. The lowest BCUT2D eigenvalue weighted by Gasteiger charge is -2.16. The van der Waals surface area contributed by atoms with Gasteiger partial charge < -0.3 is 10.4 Å². The average molecular weight is 460 g/mol. The third kappa shape index (κ3) is 7.77. The van der Waals surface area contributed by atoms with Crippen LogP contribution in [0, 0.1) is 0 Å². The number of benzene rings is 3. The van der Waals surface area contributed by atoms with Crippen LogP contribution < -0.4 is 5.32 Å². The SMILES string of the molecule is O=C(N[C@@H](CCc1ccccc1)C(=O)O)/C(=C\c1ccccc1)CSC(=O)c1ccccc1. The molecule has 0 heterocycles. The number of hydrogen-bond donors (Lipinski definition) is 2. The van der Waals surface area contributed by atoms with Crippen molar-refractivity contribution in [2.24, 2.45) is 0 Å². The van der Waals surface area contributed by atoms with E-state index in [1.165, 1.54) is 0 Å². The number of carbonyl (C=O) groups is 3. The summed E-state index contributed by atoms with van der Waals surface area (Å²) in [5.74, 6) is -1.46. The predicted octanol–water partition coefficient (Wildman–Crippen LogP) is 4.85. The molecule has 0 spiro atoms. The summed E-state index contributed by atoms with van der Waals surface area (Å²) in [5, 5.41) is 12.1. The average Bonchev–Trinajstić information content (AvgIpc) is 2.85. The van der Waals surface area contributed by atoms with Crippen molar-refractivity contribution >= 4 is 34.8 Å². The summed E-state index contributed by atoms with van der Waals surface area (Å²) < 4.78 is 0. The molecule has 0 aliphatic heterocycles. The number of carboxylic acid groups (broad SMARTS) is 1. The fourth-order valence-electron chi connectivity index (χ4n) is 3.19. The van der Waals surface area contributed by atoms with Crippen LogP contribution in [0.1, 0.15) is 27.9 Å². The smallest absolute Gasteiger partial charge is 0.326 e. The van der Waals surface area contributed by atoms with Gasteiger partial charge in [-0.1, -0.05) is 103 Å². The van der Waals surface area contributed by atoms with Gasteiger partial charge in [0.05, 0.1) is 0 Å². The third-order valence-corrected chi connectivity index (χ3v) is 5.92. The Bertz CT molecular complexity index is 1100. The first-order chi connectivity index (χ1) is 16.0. The summed E-state index contributed by atoms with van der Waals surface area (Å²) in [6.45, 7) is 0. The number of carbonyl (C=O) groups excluding carboxylic acids is 2. The summed E-state index contributed by atoms with van der Waals surface area (Å²) in [6, 6.07) is 26.6. The van der Waals surface area contributed by atoms with Gasteiger partial charge in [0.25, 0.3) is 0 Å². The van der Waals surface area contributed by atoms with Crippen molar-refractivity contribution in [3.8, 4) is 0 Å². The summed E-state index contributed by atoms with van der Waals surface area (Å²) in [6.07, 6.45) is 2.48. The molecule has 3 aromatic rings. The second-order valence-corrected chi connectivity index (χ2v) is 8.36. The van der Waals surface area contributed by atoms with Crippen LogP contribution in [0.4, 0.5) is 0 Å². The van der Waals surface area contributed by atoms with E-state index in [-0.39, 0.29) is 17.3 Å². The molecule has 0 fully saturated rings. The molecule has 1 amide bonds. The van der Waals surface area contributed by atoms with Crippen molar-refractivity contribution in [3.63, 3.8) is 0 Å². The largest absolute Gasteiger partial charge is 0.480 e. The number of carboxylic acids is 1. The van der Waals surface area contributed by atoms with Gasteiger partial charge in [-0.05, 0) is 30.0 Å². The zero-order valence-electron chi connectivity index (χ0n) is 18.0.